The standard InChI is InChI=1S/C23H26N4O2S/c1-3-30-21-10-5-4-9-20(21)22(28)25-13-15-26(16-14-25)23-24-11-12-27(23)18-7-6-8-19(17-18)29-2/h4-12,17H,3,13-16H2,1-2H3. The van der Waals surface area contributed by atoms with Gasteiger partial charge >= 0.3 is 0 Å². The summed E-state index contributed by atoms with van der Waals surface area (Å²) < 4.78 is 7.42. The lowest BCUT2D eigenvalue weighted by atomic mass is 10.2. The fraction of sp³-hybridized carbons (Fsp3) is 0.304. The highest BCUT2D eigenvalue weighted by Gasteiger charge is 2.25. The molecule has 0 N–H and O–H groups in total. The van der Waals surface area contributed by atoms with Crippen molar-refractivity contribution in [1.82, 2.24) is 14.5 Å². The number of methoxy groups -OCH3 is 1. The molecule has 0 atom stereocenters. The lowest BCUT2D eigenvalue weighted by Gasteiger charge is -2.35. The number of amides is 1. The minimum Gasteiger partial charge on any atom is -0.497 e. The number of carbonyl (C=O) groups excluding carboxylic acids is 1. The van der Waals surface area contributed by atoms with Gasteiger partial charge in [-0.25, -0.2) is 4.98 Å². The van der Waals surface area contributed by atoms with Crippen molar-refractivity contribution < 1.29 is 9.53 Å². The molecule has 0 bridgehead atoms. The molecule has 1 amide bonds. The molecule has 1 aromatic heterocycles. The molecule has 1 aliphatic rings. The van der Waals surface area contributed by atoms with Crippen LogP contribution < -0.4 is 9.64 Å². The molecule has 1 saturated heterocycles. The van der Waals surface area contributed by atoms with Gasteiger partial charge in [-0.1, -0.05) is 25.1 Å². The second-order valence-electron chi connectivity index (χ2n) is 7.01. The predicted molar refractivity (Wildman–Crippen MR) is 121 cm³/mol. The lowest BCUT2D eigenvalue weighted by Crippen LogP contribution is -2.49. The van der Waals surface area contributed by atoms with Crippen molar-refractivity contribution in [2.24, 2.45) is 0 Å². The molecule has 0 aliphatic carbocycles. The summed E-state index contributed by atoms with van der Waals surface area (Å²) in [5.74, 6) is 2.76. The van der Waals surface area contributed by atoms with Crippen LogP contribution in [0.4, 0.5) is 5.95 Å². The van der Waals surface area contributed by atoms with E-state index in [4.69, 9.17) is 4.74 Å². The molecule has 0 radical (unpaired) electrons. The zero-order valence-corrected chi connectivity index (χ0v) is 18.1. The van der Waals surface area contributed by atoms with Crippen LogP contribution in [0.1, 0.15) is 17.3 Å². The number of piperazine rings is 1. The van der Waals surface area contributed by atoms with Crippen LogP contribution in [-0.2, 0) is 0 Å². The van der Waals surface area contributed by atoms with Gasteiger partial charge in [-0.15, -0.1) is 11.8 Å². The first-order chi connectivity index (χ1) is 14.7. The Labute approximate surface area is 181 Å². The maximum atomic E-state index is 13.1. The number of benzene rings is 2. The van der Waals surface area contributed by atoms with E-state index in [0.717, 1.165) is 46.7 Å². The van der Waals surface area contributed by atoms with E-state index in [1.807, 2.05) is 65.8 Å². The zero-order chi connectivity index (χ0) is 20.9. The van der Waals surface area contributed by atoms with Gasteiger partial charge in [0, 0.05) is 49.5 Å². The van der Waals surface area contributed by atoms with Crippen molar-refractivity contribution in [3.05, 3.63) is 66.5 Å². The summed E-state index contributed by atoms with van der Waals surface area (Å²) in [5, 5.41) is 0. The Kier molecular flexibility index (Phi) is 6.28. The van der Waals surface area contributed by atoms with Gasteiger partial charge in [0.2, 0.25) is 5.95 Å². The van der Waals surface area contributed by atoms with Gasteiger partial charge in [0.05, 0.1) is 18.4 Å². The Morgan fingerprint density at radius 1 is 1.10 bits per heavy atom. The summed E-state index contributed by atoms with van der Waals surface area (Å²) in [5.41, 5.74) is 1.81. The maximum Gasteiger partial charge on any atom is 0.255 e. The number of thioether (sulfide) groups is 1. The summed E-state index contributed by atoms with van der Waals surface area (Å²) >= 11 is 1.71. The number of hydrogen-bond acceptors (Lipinski definition) is 5. The Bertz CT molecular complexity index is 1010. The third-order valence-electron chi connectivity index (χ3n) is 5.22. The molecule has 2 heterocycles. The van der Waals surface area contributed by atoms with Crippen LogP contribution in [0.3, 0.4) is 0 Å². The minimum absolute atomic E-state index is 0.113. The monoisotopic (exact) mass is 422 g/mol. The summed E-state index contributed by atoms with van der Waals surface area (Å²) in [6.07, 6.45) is 3.77. The molecule has 1 aliphatic heterocycles. The molecule has 0 unspecified atom stereocenters. The van der Waals surface area contributed by atoms with Crippen LogP contribution in [0.25, 0.3) is 5.69 Å². The van der Waals surface area contributed by atoms with Crippen LogP contribution in [0.5, 0.6) is 5.75 Å². The van der Waals surface area contributed by atoms with E-state index in [1.54, 1.807) is 18.9 Å². The Morgan fingerprint density at radius 3 is 2.67 bits per heavy atom. The molecule has 1 fully saturated rings. The number of ether oxygens (including phenoxy) is 1. The van der Waals surface area contributed by atoms with Crippen LogP contribution in [0, 0.1) is 0 Å². The Hall–Kier alpha value is -2.93. The molecule has 6 nitrogen and oxygen atoms in total. The van der Waals surface area contributed by atoms with E-state index in [1.165, 1.54) is 0 Å². The minimum atomic E-state index is 0.113. The molecule has 156 valence electrons. The zero-order valence-electron chi connectivity index (χ0n) is 17.3. The SMILES string of the molecule is CCSc1ccccc1C(=O)N1CCN(c2nccn2-c2cccc(OC)c2)CC1. The number of aromatic nitrogens is 2. The van der Waals surface area contributed by atoms with E-state index < -0.39 is 0 Å². The van der Waals surface area contributed by atoms with Crippen molar-refractivity contribution in [3.8, 4) is 11.4 Å². The fourth-order valence-corrected chi connectivity index (χ4v) is 4.49. The summed E-state index contributed by atoms with van der Waals surface area (Å²) in [4.78, 5) is 22.9. The van der Waals surface area contributed by atoms with Gasteiger partial charge in [0.15, 0.2) is 0 Å². The van der Waals surface area contributed by atoms with E-state index in [2.05, 4.69) is 21.4 Å². The molecule has 4 rings (SSSR count). The number of hydrogen-bond donors (Lipinski definition) is 0. The second-order valence-corrected chi connectivity index (χ2v) is 8.31. The number of rotatable bonds is 6. The average Bonchev–Trinajstić information content (AvgIpc) is 3.29. The fourth-order valence-electron chi connectivity index (χ4n) is 3.70. The average molecular weight is 423 g/mol. The predicted octanol–water partition coefficient (Wildman–Crippen LogP) is 3.96. The molecule has 3 aromatic rings. The summed E-state index contributed by atoms with van der Waals surface area (Å²) in [7, 11) is 1.67. The molecule has 30 heavy (non-hydrogen) atoms. The van der Waals surface area contributed by atoms with Crippen LogP contribution in [0.15, 0.2) is 65.8 Å². The number of anilines is 1. The van der Waals surface area contributed by atoms with Crippen LogP contribution in [-0.4, -0.2) is 59.4 Å². The van der Waals surface area contributed by atoms with Crippen molar-refractivity contribution in [2.45, 2.75) is 11.8 Å². The second kappa shape index (κ2) is 9.26. The molecular weight excluding hydrogens is 396 g/mol. The highest BCUT2D eigenvalue weighted by molar-refractivity contribution is 7.99. The van der Waals surface area contributed by atoms with Crippen molar-refractivity contribution in [1.29, 1.82) is 0 Å². The topological polar surface area (TPSA) is 50.6 Å². The van der Waals surface area contributed by atoms with E-state index in [0.29, 0.717) is 13.1 Å². The van der Waals surface area contributed by atoms with Gasteiger partial charge in [0.25, 0.3) is 5.91 Å². The van der Waals surface area contributed by atoms with Gasteiger partial charge in [-0.05, 0) is 30.0 Å². The number of carbonyl (C=O) groups is 1. The quantitative estimate of drug-likeness (QED) is 0.563. The third-order valence-corrected chi connectivity index (χ3v) is 6.18. The Morgan fingerprint density at radius 2 is 1.90 bits per heavy atom. The van der Waals surface area contributed by atoms with Gasteiger partial charge < -0.3 is 14.5 Å². The Balaban J connectivity index is 1.47. The van der Waals surface area contributed by atoms with Gasteiger partial charge in [-0.3, -0.25) is 9.36 Å². The van der Waals surface area contributed by atoms with Crippen molar-refractivity contribution in [2.75, 3.05) is 43.9 Å². The van der Waals surface area contributed by atoms with Crippen LogP contribution in [0.2, 0.25) is 0 Å². The van der Waals surface area contributed by atoms with Gasteiger partial charge in [-0.2, -0.15) is 0 Å². The van der Waals surface area contributed by atoms with Crippen molar-refractivity contribution >= 4 is 23.6 Å². The molecule has 0 saturated carbocycles. The number of imidazole rings is 1. The molecule has 7 heteroatoms. The molecular formula is C23H26N4O2S. The molecule has 0 spiro atoms. The van der Waals surface area contributed by atoms with E-state index in [-0.39, 0.29) is 5.91 Å². The normalized spacial score (nSPS) is 14.1. The van der Waals surface area contributed by atoms with Crippen LogP contribution >= 0.6 is 11.8 Å². The first-order valence-electron chi connectivity index (χ1n) is 10.1. The summed E-state index contributed by atoms with van der Waals surface area (Å²) in [6.45, 7) is 4.95. The maximum absolute atomic E-state index is 13.1. The highest BCUT2D eigenvalue weighted by Crippen LogP contribution is 2.26. The van der Waals surface area contributed by atoms with E-state index >= 15 is 0 Å². The highest BCUT2D eigenvalue weighted by atomic mass is 32.2. The lowest BCUT2D eigenvalue weighted by molar-refractivity contribution is 0.0742. The molecule has 2 aromatic carbocycles. The first-order valence-corrected chi connectivity index (χ1v) is 11.1. The van der Waals surface area contributed by atoms with E-state index in [9.17, 15) is 4.79 Å². The largest absolute Gasteiger partial charge is 0.497 e. The third kappa shape index (κ3) is 4.16. The number of nitrogens with zero attached hydrogens (tertiary/aromatic N) is 4. The first kappa shape index (κ1) is 20.3. The summed E-state index contributed by atoms with van der Waals surface area (Å²) in [6, 6.07) is 15.8. The smallest absolute Gasteiger partial charge is 0.255 e. The van der Waals surface area contributed by atoms with Gasteiger partial charge in [0.1, 0.15) is 5.75 Å². The van der Waals surface area contributed by atoms with Crippen molar-refractivity contribution in [3.63, 3.8) is 0 Å².